The fraction of sp³-hybridized carbons (Fsp3) is 0.348. The Labute approximate surface area is 155 Å². The first-order valence-electron chi connectivity index (χ1n) is 9.42. The van der Waals surface area contributed by atoms with Crippen LogP contribution >= 0.6 is 0 Å². The normalized spacial score (nSPS) is 19.8. The maximum atomic E-state index is 12.3. The van der Waals surface area contributed by atoms with E-state index in [9.17, 15) is 4.79 Å². The van der Waals surface area contributed by atoms with Gasteiger partial charge >= 0.3 is 0 Å². The van der Waals surface area contributed by atoms with Gasteiger partial charge in [0, 0.05) is 44.0 Å². The maximum absolute atomic E-state index is 12.3. The molecule has 0 spiro atoms. The molecule has 2 aliphatic carbocycles. The molecule has 3 nitrogen and oxygen atoms in total. The quantitative estimate of drug-likeness (QED) is 0.913. The highest BCUT2D eigenvalue weighted by Crippen LogP contribution is 2.32. The molecule has 2 aromatic rings. The van der Waals surface area contributed by atoms with Crippen molar-refractivity contribution in [3.63, 3.8) is 0 Å². The highest BCUT2D eigenvalue weighted by Gasteiger charge is 2.26. The predicted octanol–water partition coefficient (Wildman–Crippen LogP) is 3.84. The van der Waals surface area contributed by atoms with Crippen LogP contribution in [0.15, 0.2) is 60.3 Å². The van der Waals surface area contributed by atoms with Crippen LogP contribution in [0.4, 0.5) is 5.69 Å². The number of fused-ring (bicyclic) bond motifs is 1. The Morgan fingerprint density at radius 3 is 2.15 bits per heavy atom. The Kier molecular flexibility index (Phi) is 4.54. The maximum Gasteiger partial charge on any atom is 0.158 e. The Morgan fingerprint density at radius 1 is 0.885 bits per heavy atom. The third-order valence-corrected chi connectivity index (χ3v) is 5.57. The molecule has 3 heteroatoms. The molecule has 0 saturated heterocycles. The van der Waals surface area contributed by atoms with Gasteiger partial charge < -0.3 is 10.2 Å². The van der Waals surface area contributed by atoms with Crippen LogP contribution in [0.5, 0.6) is 0 Å². The fourth-order valence-electron chi connectivity index (χ4n) is 4.20. The van der Waals surface area contributed by atoms with E-state index in [4.69, 9.17) is 0 Å². The number of hydrogen-bond acceptors (Lipinski definition) is 3. The zero-order chi connectivity index (χ0) is 18.1. The topological polar surface area (TPSA) is 32.3 Å². The number of allylic oxidation sites excluding steroid dienone is 2. The minimum Gasteiger partial charge on any atom is -0.385 e. The molecule has 2 aliphatic rings. The molecule has 0 heterocycles. The standard InChI is InChI=1S/C23H26N2O/c1-25(2)22-9-7-16(8-10-22)19-13-21(15-23(26)14-19)24-20-11-17-5-3-4-6-18(17)12-20/h3-10,15,19-20,24H,11-14H2,1-2H3. The number of carbonyl (C=O) groups excluding carboxylic acids is 1. The first-order valence-corrected chi connectivity index (χ1v) is 9.42. The molecule has 134 valence electrons. The van der Waals surface area contributed by atoms with Gasteiger partial charge in [0.2, 0.25) is 0 Å². The van der Waals surface area contributed by atoms with Crippen LogP contribution in [0.1, 0.15) is 35.4 Å². The van der Waals surface area contributed by atoms with Crippen LogP contribution in [0.25, 0.3) is 0 Å². The van der Waals surface area contributed by atoms with Crippen molar-refractivity contribution in [2.24, 2.45) is 0 Å². The highest BCUT2D eigenvalue weighted by molar-refractivity contribution is 5.92. The number of hydrogen-bond donors (Lipinski definition) is 1. The third-order valence-electron chi connectivity index (χ3n) is 5.57. The lowest BCUT2D eigenvalue weighted by atomic mass is 9.85. The summed E-state index contributed by atoms with van der Waals surface area (Å²) in [4.78, 5) is 14.4. The molecule has 0 amide bonds. The lowest BCUT2D eigenvalue weighted by Crippen LogP contribution is -2.32. The van der Waals surface area contributed by atoms with E-state index in [0.29, 0.717) is 12.5 Å². The van der Waals surface area contributed by atoms with Crippen molar-refractivity contribution < 1.29 is 4.79 Å². The molecule has 0 fully saturated rings. The molecule has 4 rings (SSSR count). The lowest BCUT2D eigenvalue weighted by molar-refractivity contribution is -0.115. The SMILES string of the molecule is CN(C)c1ccc(C2CC(=O)C=C(NC3Cc4ccccc4C3)C2)cc1. The van der Waals surface area contributed by atoms with Gasteiger partial charge in [-0.3, -0.25) is 4.79 Å². The number of benzene rings is 2. The summed E-state index contributed by atoms with van der Waals surface area (Å²) in [6.45, 7) is 0. The van der Waals surface area contributed by atoms with Gasteiger partial charge in [-0.1, -0.05) is 36.4 Å². The summed E-state index contributed by atoms with van der Waals surface area (Å²) in [5.41, 5.74) is 6.41. The van der Waals surface area contributed by atoms with Crippen molar-refractivity contribution in [2.45, 2.75) is 37.6 Å². The first-order chi connectivity index (χ1) is 12.6. The number of rotatable bonds is 4. The van der Waals surface area contributed by atoms with Gasteiger partial charge in [-0.2, -0.15) is 0 Å². The monoisotopic (exact) mass is 346 g/mol. The molecule has 0 radical (unpaired) electrons. The summed E-state index contributed by atoms with van der Waals surface area (Å²) in [5.74, 6) is 0.505. The van der Waals surface area contributed by atoms with E-state index in [0.717, 1.165) is 25.0 Å². The average molecular weight is 346 g/mol. The smallest absolute Gasteiger partial charge is 0.158 e. The van der Waals surface area contributed by atoms with Crippen molar-refractivity contribution in [3.05, 3.63) is 77.0 Å². The second-order valence-corrected chi connectivity index (χ2v) is 7.75. The Hall–Kier alpha value is -2.55. The van der Waals surface area contributed by atoms with Crippen LogP contribution in [0.3, 0.4) is 0 Å². The Bertz CT molecular complexity index is 811. The minimum atomic E-state index is 0.232. The molecule has 1 N–H and O–H groups in total. The van der Waals surface area contributed by atoms with Gasteiger partial charge in [0.05, 0.1) is 0 Å². The molecule has 1 atom stereocenters. The van der Waals surface area contributed by atoms with Crippen LogP contribution in [-0.4, -0.2) is 25.9 Å². The minimum absolute atomic E-state index is 0.232. The molecule has 2 aromatic carbocycles. The number of nitrogens with zero attached hydrogens (tertiary/aromatic N) is 1. The average Bonchev–Trinajstić information content (AvgIpc) is 3.03. The van der Waals surface area contributed by atoms with Crippen molar-refractivity contribution in [2.75, 3.05) is 19.0 Å². The summed E-state index contributed by atoms with van der Waals surface area (Å²) >= 11 is 0. The van der Waals surface area contributed by atoms with Crippen molar-refractivity contribution >= 4 is 11.5 Å². The van der Waals surface area contributed by atoms with Crippen molar-refractivity contribution in [3.8, 4) is 0 Å². The molecule has 0 saturated carbocycles. The highest BCUT2D eigenvalue weighted by atomic mass is 16.1. The molecule has 0 aromatic heterocycles. The molecule has 0 bridgehead atoms. The van der Waals surface area contributed by atoms with E-state index >= 15 is 0 Å². The van der Waals surface area contributed by atoms with Crippen molar-refractivity contribution in [1.82, 2.24) is 5.32 Å². The van der Waals surface area contributed by atoms with E-state index in [1.54, 1.807) is 0 Å². The second kappa shape index (κ2) is 6.99. The Morgan fingerprint density at radius 2 is 1.54 bits per heavy atom. The van der Waals surface area contributed by atoms with E-state index in [-0.39, 0.29) is 11.7 Å². The van der Waals surface area contributed by atoms with E-state index in [2.05, 4.69) is 58.7 Å². The summed E-state index contributed by atoms with van der Waals surface area (Å²) < 4.78 is 0. The van der Waals surface area contributed by atoms with Gasteiger partial charge in [-0.15, -0.1) is 0 Å². The van der Waals surface area contributed by atoms with E-state index in [1.165, 1.54) is 22.4 Å². The predicted molar refractivity (Wildman–Crippen MR) is 107 cm³/mol. The Balaban J connectivity index is 1.44. The fourth-order valence-corrected chi connectivity index (χ4v) is 4.20. The summed E-state index contributed by atoms with van der Waals surface area (Å²) in [5, 5.41) is 3.66. The molecule has 26 heavy (non-hydrogen) atoms. The zero-order valence-electron chi connectivity index (χ0n) is 15.5. The first kappa shape index (κ1) is 16.9. The van der Waals surface area contributed by atoms with Crippen LogP contribution in [-0.2, 0) is 17.6 Å². The van der Waals surface area contributed by atoms with Gasteiger partial charge in [-0.05, 0) is 54.0 Å². The summed E-state index contributed by atoms with van der Waals surface area (Å²) in [6.07, 6.45) is 5.44. The lowest BCUT2D eigenvalue weighted by Gasteiger charge is -2.26. The number of carbonyl (C=O) groups is 1. The van der Waals surface area contributed by atoms with Gasteiger partial charge in [0.25, 0.3) is 0 Å². The van der Waals surface area contributed by atoms with Crippen LogP contribution in [0.2, 0.25) is 0 Å². The van der Waals surface area contributed by atoms with Crippen molar-refractivity contribution in [1.29, 1.82) is 0 Å². The third kappa shape index (κ3) is 3.52. The van der Waals surface area contributed by atoms with E-state index < -0.39 is 0 Å². The van der Waals surface area contributed by atoms with E-state index in [1.807, 2.05) is 20.2 Å². The number of nitrogens with one attached hydrogen (secondary N) is 1. The second-order valence-electron chi connectivity index (χ2n) is 7.75. The van der Waals surface area contributed by atoms with Gasteiger partial charge in [0.15, 0.2) is 5.78 Å². The molecule has 0 aliphatic heterocycles. The van der Waals surface area contributed by atoms with Crippen LogP contribution in [0, 0.1) is 0 Å². The van der Waals surface area contributed by atoms with Crippen LogP contribution < -0.4 is 10.2 Å². The molecular weight excluding hydrogens is 320 g/mol. The number of ketones is 1. The summed E-state index contributed by atoms with van der Waals surface area (Å²) in [6, 6.07) is 17.7. The number of anilines is 1. The molecule has 1 unspecified atom stereocenters. The van der Waals surface area contributed by atoms with Gasteiger partial charge in [-0.25, -0.2) is 0 Å². The molecular formula is C23H26N2O. The zero-order valence-corrected chi connectivity index (χ0v) is 15.5. The largest absolute Gasteiger partial charge is 0.385 e. The summed E-state index contributed by atoms with van der Waals surface area (Å²) in [7, 11) is 4.09. The van der Waals surface area contributed by atoms with Gasteiger partial charge in [0.1, 0.15) is 0 Å².